The molecule has 4 heteroatoms. The molecule has 0 saturated carbocycles. The minimum Gasteiger partial charge on any atom is -0.358 e. The van der Waals surface area contributed by atoms with Crippen LogP contribution < -0.4 is 0 Å². The number of rotatable bonds is 0. The second kappa shape index (κ2) is 7.11. The van der Waals surface area contributed by atoms with Crippen molar-refractivity contribution in [3.8, 4) is 0 Å². The summed E-state index contributed by atoms with van der Waals surface area (Å²) >= 11 is 0. The van der Waals surface area contributed by atoms with Gasteiger partial charge in [0.25, 0.3) is 0 Å². The Morgan fingerprint density at radius 2 is 1.76 bits per heavy atom. The topological polar surface area (TPSA) is 17.3 Å². The molecule has 0 aliphatic rings. The van der Waals surface area contributed by atoms with E-state index in [1.54, 1.807) is 0 Å². The zero-order chi connectivity index (χ0) is 12.1. The van der Waals surface area contributed by atoms with Gasteiger partial charge in [-0.25, -0.2) is 0 Å². The SMILES string of the molecule is Cc1cn2c3ccccc3c3ccc[c-]c3c2n1.[CH3-].[Ir].[Y]. The zero-order valence-corrected chi connectivity index (χ0v) is 17.2. The Morgan fingerprint density at radius 3 is 2.57 bits per heavy atom. The van der Waals surface area contributed by atoms with Crippen LogP contribution in [0.3, 0.4) is 0 Å². The van der Waals surface area contributed by atoms with Crippen LogP contribution >= 0.6 is 0 Å². The maximum absolute atomic E-state index is 4.62. The summed E-state index contributed by atoms with van der Waals surface area (Å²) in [6, 6.07) is 17.9. The van der Waals surface area contributed by atoms with Crippen molar-refractivity contribution in [1.29, 1.82) is 0 Å². The van der Waals surface area contributed by atoms with E-state index in [1.807, 2.05) is 19.1 Å². The third kappa shape index (κ3) is 2.85. The molecule has 2 nitrogen and oxygen atoms in total. The van der Waals surface area contributed by atoms with Crippen molar-refractivity contribution >= 4 is 27.3 Å². The molecular weight excluding hydrogens is 513 g/mol. The summed E-state index contributed by atoms with van der Waals surface area (Å²) in [4.78, 5) is 4.62. The van der Waals surface area contributed by atoms with Crippen LogP contribution in [0.4, 0.5) is 0 Å². The van der Waals surface area contributed by atoms with Gasteiger partial charge in [-0.2, -0.15) is 0 Å². The van der Waals surface area contributed by atoms with Crippen LogP contribution in [-0.2, 0) is 52.8 Å². The Bertz CT molecular complexity index is 826. The van der Waals surface area contributed by atoms with Gasteiger partial charge < -0.3 is 11.8 Å². The zero-order valence-electron chi connectivity index (χ0n) is 11.9. The second-order valence-electron chi connectivity index (χ2n) is 4.55. The van der Waals surface area contributed by atoms with Gasteiger partial charge >= 0.3 is 0 Å². The fourth-order valence-electron chi connectivity index (χ4n) is 2.62. The van der Waals surface area contributed by atoms with E-state index in [9.17, 15) is 0 Å². The summed E-state index contributed by atoms with van der Waals surface area (Å²) in [5.41, 5.74) is 3.21. The van der Waals surface area contributed by atoms with Crippen LogP contribution in [0.1, 0.15) is 5.69 Å². The van der Waals surface area contributed by atoms with Gasteiger partial charge in [0.05, 0.1) is 5.65 Å². The first kappa shape index (κ1) is 18.5. The molecule has 4 rings (SSSR count). The Balaban J connectivity index is 0.000000735. The molecule has 0 spiro atoms. The first-order valence-corrected chi connectivity index (χ1v) is 6.01. The summed E-state index contributed by atoms with van der Waals surface area (Å²) in [6.07, 6.45) is 2.08. The first-order valence-electron chi connectivity index (χ1n) is 6.01. The predicted octanol–water partition coefficient (Wildman–Crippen LogP) is 4.19. The number of fused-ring (bicyclic) bond motifs is 6. The minimum absolute atomic E-state index is 0. The molecule has 0 unspecified atom stereocenters. The van der Waals surface area contributed by atoms with E-state index in [4.69, 9.17) is 0 Å². The van der Waals surface area contributed by atoms with E-state index >= 15 is 0 Å². The van der Waals surface area contributed by atoms with Gasteiger partial charge in [-0.15, -0.1) is 29.7 Å². The monoisotopic (exact) mass is 528 g/mol. The predicted molar refractivity (Wildman–Crippen MR) is 80.2 cm³/mol. The van der Waals surface area contributed by atoms with Crippen molar-refractivity contribution in [3.63, 3.8) is 0 Å². The van der Waals surface area contributed by atoms with Gasteiger partial charge in [0.2, 0.25) is 0 Å². The quantitative estimate of drug-likeness (QED) is 0.248. The number of hydrogen-bond acceptors (Lipinski definition) is 1. The van der Waals surface area contributed by atoms with Gasteiger partial charge in [0.15, 0.2) is 0 Å². The van der Waals surface area contributed by atoms with E-state index in [2.05, 4.69) is 52.0 Å². The third-order valence-electron chi connectivity index (χ3n) is 3.36. The summed E-state index contributed by atoms with van der Waals surface area (Å²) in [5, 5.41) is 3.55. The number of pyridine rings is 1. The maximum Gasteiger partial charge on any atom is 0.0611 e. The smallest absolute Gasteiger partial charge is 0.0611 e. The number of hydrogen-bond donors (Lipinski definition) is 0. The van der Waals surface area contributed by atoms with Crippen LogP contribution in [0.15, 0.2) is 48.7 Å². The van der Waals surface area contributed by atoms with Crippen molar-refractivity contribution in [2.75, 3.05) is 0 Å². The molecule has 0 saturated heterocycles. The molecule has 0 aliphatic carbocycles. The Kier molecular flexibility index (Phi) is 6.25. The fraction of sp³-hybridized carbons (Fsp3) is 0.0588. The molecule has 0 aliphatic heterocycles. The number of benzene rings is 2. The molecule has 2 radical (unpaired) electrons. The van der Waals surface area contributed by atoms with Crippen LogP contribution in [-0.4, -0.2) is 9.38 Å². The second-order valence-corrected chi connectivity index (χ2v) is 4.55. The molecule has 0 amide bonds. The molecule has 0 atom stereocenters. The van der Waals surface area contributed by atoms with Crippen LogP contribution in [0, 0.1) is 20.4 Å². The van der Waals surface area contributed by atoms with Gasteiger partial charge in [-0.05, 0) is 18.4 Å². The average Bonchev–Trinajstić information content (AvgIpc) is 2.81. The number of aromatic nitrogens is 2. The minimum atomic E-state index is 0. The van der Waals surface area contributed by atoms with Gasteiger partial charge in [0.1, 0.15) is 0 Å². The maximum atomic E-state index is 4.62. The Morgan fingerprint density at radius 1 is 1.05 bits per heavy atom. The molecule has 0 bridgehead atoms. The molecule has 0 fully saturated rings. The molecule has 106 valence electrons. The largest absolute Gasteiger partial charge is 0.358 e. The first-order chi connectivity index (χ1) is 8.84. The van der Waals surface area contributed by atoms with Crippen LogP contribution in [0.5, 0.6) is 0 Å². The molecule has 2 aromatic heterocycles. The van der Waals surface area contributed by atoms with Crippen molar-refractivity contribution in [1.82, 2.24) is 9.38 Å². The Hall–Kier alpha value is -0.597. The molecule has 0 N–H and O–H groups in total. The van der Waals surface area contributed by atoms with Crippen LogP contribution in [0.2, 0.25) is 0 Å². The number of nitrogens with zero attached hydrogens (tertiary/aromatic N) is 2. The van der Waals surface area contributed by atoms with Gasteiger partial charge in [-0.3, -0.25) is 4.98 Å². The third-order valence-corrected chi connectivity index (χ3v) is 3.36. The summed E-state index contributed by atoms with van der Waals surface area (Å²) in [6.45, 7) is 2.02. The van der Waals surface area contributed by atoms with Crippen molar-refractivity contribution in [2.24, 2.45) is 0 Å². The summed E-state index contributed by atoms with van der Waals surface area (Å²) < 4.78 is 2.16. The number of aryl methyl sites for hydroxylation is 1. The van der Waals surface area contributed by atoms with Gasteiger partial charge in [0, 0.05) is 70.2 Å². The number of imidazole rings is 1. The van der Waals surface area contributed by atoms with E-state index < -0.39 is 0 Å². The molecular formula is C17H14IrN2Y-2. The molecule has 2 heterocycles. The normalized spacial score (nSPS) is 9.95. The standard InChI is InChI=1S/C16H11N2.CH3.Ir.Y/c1-11-10-18-15-9-5-4-7-13(15)12-6-2-3-8-14(12)16(18)17-11;;;/h2-7,9-10H,1H3;1H3;;/q2*-1;;. The van der Waals surface area contributed by atoms with Crippen molar-refractivity contribution < 1.29 is 52.8 Å². The Labute approximate surface area is 163 Å². The molecule has 2 aromatic carbocycles. The molecule has 21 heavy (non-hydrogen) atoms. The van der Waals surface area contributed by atoms with E-state index in [-0.39, 0.29) is 60.2 Å². The van der Waals surface area contributed by atoms with Crippen LogP contribution in [0.25, 0.3) is 27.3 Å². The number of para-hydroxylation sites is 1. The van der Waals surface area contributed by atoms with Gasteiger partial charge in [-0.1, -0.05) is 23.6 Å². The molecule has 4 aromatic rings. The average molecular weight is 527 g/mol. The van der Waals surface area contributed by atoms with E-state index in [0.717, 1.165) is 16.7 Å². The fourth-order valence-corrected chi connectivity index (χ4v) is 2.62. The summed E-state index contributed by atoms with van der Waals surface area (Å²) in [7, 11) is 0. The van der Waals surface area contributed by atoms with Crippen molar-refractivity contribution in [3.05, 3.63) is 67.8 Å². The van der Waals surface area contributed by atoms with E-state index in [0.29, 0.717) is 0 Å². The van der Waals surface area contributed by atoms with E-state index in [1.165, 1.54) is 16.3 Å². The summed E-state index contributed by atoms with van der Waals surface area (Å²) in [5.74, 6) is 0. The van der Waals surface area contributed by atoms with Crippen molar-refractivity contribution in [2.45, 2.75) is 6.92 Å².